The summed E-state index contributed by atoms with van der Waals surface area (Å²) >= 11 is 0. The number of nitrogen functional groups attached to an aromatic ring is 1. The molecule has 0 aliphatic carbocycles. The molecule has 0 radical (unpaired) electrons. The first kappa shape index (κ1) is 10.4. The lowest BCUT2D eigenvalue weighted by Crippen LogP contribution is -1.91. The highest BCUT2D eigenvalue weighted by molar-refractivity contribution is 5.81. The molecule has 82 valence electrons. The highest BCUT2D eigenvalue weighted by Gasteiger charge is 2.10. The molecule has 0 aliphatic rings. The molecular formula is C13H13NO2. The highest BCUT2D eigenvalue weighted by atomic mass is 16.5. The van der Waals surface area contributed by atoms with Crippen LogP contribution in [0.3, 0.4) is 0 Å². The average Bonchev–Trinajstić information content (AvgIpc) is 2.31. The molecule has 0 saturated heterocycles. The molecule has 2 rings (SSSR count). The fourth-order valence-corrected chi connectivity index (χ4v) is 1.65. The van der Waals surface area contributed by atoms with Crippen molar-refractivity contribution in [2.75, 3.05) is 12.8 Å². The Labute approximate surface area is 94.1 Å². The molecule has 0 aromatic heterocycles. The predicted molar refractivity (Wildman–Crippen MR) is 64.5 cm³/mol. The Morgan fingerprint density at radius 1 is 1.00 bits per heavy atom. The third-order valence-electron chi connectivity index (χ3n) is 2.47. The summed E-state index contributed by atoms with van der Waals surface area (Å²) in [6.45, 7) is 0. The molecule has 0 amide bonds. The van der Waals surface area contributed by atoms with Crippen molar-refractivity contribution in [3.63, 3.8) is 0 Å². The van der Waals surface area contributed by atoms with Crippen LogP contribution in [-0.2, 0) is 0 Å². The molecule has 0 aliphatic heterocycles. The van der Waals surface area contributed by atoms with E-state index in [0.29, 0.717) is 17.0 Å². The van der Waals surface area contributed by atoms with Gasteiger partial charge in [-0.2, -0.15) is 0 Å². The van der Waals surface area contributed by atoms with Crippen LogP contribution in [0.25, 0.3) is 11.1 Å². The smallest absolute Gasteiger partial charge is 0.165 e. The topological polar surface area (TPSA) is 55.5 Å². The number of anilines is 1. The van der Waals surface area contributed by atoms with Crippen molar-refractivity contribution in [2.24, 2.45) is 0 Å². The van der Waals surface area contributed by atoms with Gasteiger partial charge in [-0.25, -0.2) is 0 Å². The van der Waals surface area contributed by atoms with Crippen LogP contribution in [0.4, 0.5) is 5.69 Å². The first-order valence-electron chi connectivity index (χ1n) is 4.95. The van der Waals surface area contributed by atoms with Gasteiger partial charge in [-0.1, -0.05) is 30.3 Å². The maximum atomic E-state index is 9.99. The number of methoxy groups -OCH3 is 1. The van der Waals surface area contributed by atoms with E-state index in [-0.39, 0.29) is 5.75 Å². The first-order valence-corrected chi connectivity index (χ1v) is 4.95. The van der Waals surface area contributed by atoms with E-state index in [1.807, 2.05) is 30.3 Å². The number of benzene rings is 2. The maximum absolute atomic E-state index is 9.99. The number of para-hydroxylation sites is 2. The second kappa shape index (κ2) is 4.14. The fraction of sp³-hybridized carbons (Fsp3) is 0.0769. The minimum absolute atomic E-state index is 0.114. The van der Waals surface area contributed by atoms with Crippen molar-refractivity contribution >= 4 is 5.69 Å². The monoisotopic (exact) mass is 215 g/mol. The van der Waals surface area contributed by atoms with Gasteiger partial charge in [-0.05, 0) is 12.1 Å². The summed E-state index contributed by atoms with van der Waals surface area (Å²) in [4.78, 5) is 0. The van der Waals surface area contributed by atoms with Crippen molar-refractivity contribution < 1.29 is 9.84 Å². The Balaban J connectivity index is 2.61. The van der Waals surface area contributed by atoms with Crippen LogP contribution in [0.2, 0.25) is 0 Å². The molecule has 0 bridgehead atoms. The molecule has 3 N–H and O–H groups in total. The Morgan fingerprint density at radius 2 is 1.69 bits per heavy atom. The van der Waals surface area contributed by atoms with Crippen molar-refractivity contribution in [2.45, 2.75) is 0 Å². The van der Waals surface area contributed by atoms with Crippen LogP contribution in [0.1, 0.15) is 0 Å². The van der Waals surface area contributed by atoms with E-state index in [4.69, 9.17) is 10.5 Å². The first-order chi connectivity index (χ1) is 7.74. The van der Waals surface area contributed by atoms with Gasteiger partial charge in [0.15, 0.2) is 11.5 Å². The summed E-state index contributed by atoms with van der Waals surface area (Å²) < 4.78 is 5.06. The van der Waals surface area contributed by atoms with Crippen LogP contribution in [0, 0.1) is 0 Å². The van der Waals surface area contributed by atoms with E-state index in [0.717, 1.165) is 5.56 Å². The molecule has 0 heterocycles. The number of ether oxygens (including phenoxy) is 1. The van der Waals surface area contributed by atoms with Gasteiger partial charge in [0.05, 0.1) is 7.11 Å². The number of phenolic OH excluding ortho intramolecular Hbond substituents is 1. The number of nitrogens with two attached hydrogens (primary N) is 1. The van der Waals surface area contributed by atoms with Gasteiger partial charge in [0.2, 0.25) is 0 Å². The lowest BCUT2D eigenvalue weighted by atomic mass is 10.0. The van der Waals surface area contributed by atoms with Gasteiger partial charge in [0.25, 0.3) is 0 Å². The number of hydrogen-bond acceptors (Lipinski definition) is 3. The maximum Gasteiger partial charge on any atom is 0.165 e. The van der Waals surface area contributed by atoms with Crippen LogP contribution in [-0.4, -0.2) is 12.2 Å². The van der Waals surface area contributed by atoms with Crippen LogP contribution < -0.4 is 10.5 Å². The second-order valence-electron chi connectivity index (χ2n) is 3.44. The fourth-order valence-electron chi connectivity index (χ4n) is 1.65. The summed E-state index contributed by atoms with van der Waals surface area (Å²) in [6.07, 6.45) is 0. The summed E-state index contributed by atoms with van der Waals surface area (Å²) in [5, 5.41) is 9.99. The molecule has 16 heavy (non-hydrogen) atoms. The normalized spacial score (nSPS) is 10.1. The van der Waals surface area contributed by atoms with Crippen LogP contribution in [0.5, 0.6) is 11.5 Å². The lowest BCUT2D eigenvalue weighted by Gasteiger charge is -2.10. The van der Waals surface area contributed by atoms with Crippen molar-refractivity contribution in [3.05, 3.63) is 42.5 Å². The molecular weight excluding hydrogens is 202 g/mol. The summed E-state index contributed by atoms with van der Waals surface area (Å²) in [5.74, 6) is 0.559. The van der Waals surface area contributed by atoms with Gasteiger partial charge >= 0.3 is 0 Å². The molecule has 2 aromatic carbocycles. The minimum atomic E-state index is 0.114. The quantitative estimate of drug-likeness (QED) is 0.757. The molecule has 0 atom stereocenters. The lowest BCUT2D eigenvalue weighted by molar-refractivity contribution is 0.374. The molecule has 3 nitrogen and oxygen atoms in total. The van der Waals surface area contributed by atoms with Crippen LogP contribution in [0.15, 0.2) is 42.5 Å². The van der Waals surface area contributed by atoms with Crippen molar-refractivity contribution in [3.8, 4) is 22.6 Å². The Morgan fingerprint density at radius 3 is 2.38 bits per heavy atom. The molecule has 2 aromatic rings. The molecule has 0 saturated carbocycles. The Bertz CT molecular complexity index is 509. The summed E-state index contributed by atoms with van der Waals surface area (Å²) in [6, 6.07) is 12.7. The summed E-state index contributed by atoms with van der Waals surface area (Å²) in [5.41, 5.74) is 7.97. The average molecular weight is 215 g/mol. The predicted octanol–water partition coefficient (Wildman–Crippen LogP) is 2.65. The van der Waals surface area contributed by atoms with E-state index < -0.39 is 0 Å². The number of hydrogen-bond donors (Lipinski definition) is 2. The van der Waals surface area contributed by atoms with E-state index in [1.165, 1.54) is 7.11 Å². The van der Waals surface area contributed by atoms with Crippen molar-refractivity contribution in [1.29, 1.82) is 0 Å². The van der Waals surface area contributed by atoms with Gasteiger partial charge in [0.1, 0.15) is 0 Å². The van der Waals surface area contributed by atoms with Gasteiger partial charge in [-0.15, -0.1) is 0 Å². The van der Waals surface area contributed by atoms with E-state index >= 15 is 0 Å². The number of phenols is 1. The Hall–Kier alpha value is -2.16. The van der Waals surface area contributed by atoms with E-state index in [9.17, 15) is 5.11 Å². The second-order valence-corrected chi connectivity index (χ2v) is 3.44. The van der Waals surface area contributed by atoms with Crippen molar-refractivity contribution in [1.82, 2.24) is 0 Å². The summed E-state index contributed by atoms with van der Waals surface area (Å²) in [7, 11) is 1.52. The van der Waals surface area contributed by atoms with Gasteiger partial charge in [-0.3, -0.25) is 0 Å². The minimum Gasteiger partial charge on any atom is -0.504 e. The van der Waals surface area contributed by atoms with E-state index in [2.05, 4.69) is 0 Å². The zero-order chi connectivity index (χ0) is 11.5. The zero-order valence-electron chi connectivity index (χ0n) is 8.97. The molecule has 0 unspecified atom stereocenters. The molecule has 0 spiro atoms. The van der Waals surface area contributed by atoms with Gasteiger partial charge in [0, 0.05) is 16.8 Å². The third kappa shape index (κ3) is 1.67. The molecule has 0 fully saturated rings. The zero-order valence-corrected chi connectivity index (χ0v) is 8.97. The van der Waals surface area contributed by atoms with Gasteiger partial charge < -0.3 is 15.6 Å². The van der Waals surface area contributed by atoms with E-state index in [1.54, 1.807) is 12.1 Å². The standard InChI is InChI=1S/C13H13NO2/c1-16-12-8-4-6-10(13(12)15)9-5-2-3-7-11(9)14/h2-8,15H,14H2,1H3. The molecule has 3 heteroatoms. The number of aromatic hydroxyl groups is 1. The third-order valence-corrected chi connectivity index (χ3v) is 2.47. The largest absolute Gasteiger partial charge is 0.504 e. The SMILES string of the molecule is COc1cccc(-c2ccccc2N)c1O. The number of rotatable bonds is 2. The van der Waals surface area contributed by atoms with Crippen LogP contribution >= 0.6 is 0 Å². The Kier molecular flexibility index (Phi) is 2.68. The highest BCUT2D eigenvalue weighted by Crippen LogP contribution is 2.38.